The van der Waals surface area contributed by atoms with Crippen LogP contribution in [0.1, 0.15) is 15.9 Å². The summed E-state index contributed by atoms with van der Waals surface area (Å²) in [7, 11) is 1.42. The van der Waals surface area contributed by atoms with Gasteiger partial charge in [0.2, 0.25) is 0 Å². The highest BCUT2D eigenvalue weighted by Gasteiger charge is 2.11. The molecule has 0 fully saturated rings. The molecule has 0 heterocycles. The lowest BCUT2D eigenvalue weighted by atomic mass is 10.1. The quantitative estimate of drug-likeness (QED) is 0.890. The van der Waals surface area contributed by atoms with Gasteiger partial charge < -0.3 is 14.6 Å². The van der Waals surface area contributed by atoms with Crippen LogP contribution >= 0.6 is 23.2 Å². The number of rotatable bonds is 5. The third-order valence-electron chi connectivity index (χ3n) is 2.78. The van der Waals surface area contributed by atoms with Crippen molar-refractivity contribution in [3.8, 4) is 11.5 Å². The average Bonchev–Trinajstić information content (AvgIpc) is 2.47. The molecule has 4 nitrogen and oxygen atoms in total. The molecule has 2 rings (SSSR count). The van der Waals surface area contributed by atoms with Crippen LogP contribution in [0.15, 0.2) is 36.4 Å². The number of benzene rings is 2. The maximum absolute atomic E-state index is 11.0. The number of carboxylic acids is 1. The van der Waals surface area contributed by atoms with Crippen molar-refractivity contribution in [3.05, 3.63) is 57.6 Å². The molecule has 2 aromatic carbocycles. The summed E-state index contributed by atoms with van der Waals surface area (Å²) in [5.74, 6) is -0.302. The van der Waals surface area contributed by atoms with Crippen LogP contribution in [0.2, 0.25) is 10.0 Å². The fourth-order valence-electron chi connectivity index (χ4n) is 1.75. The summed E-state index contributed by atoms with van der Waals surface area (Å²) >= 11 is 11.9. The first-order valence-electron chi connectivity index (χ1n) is 5.99. The van der Waals surface area contributed by atoms with Gasteiger partial charge in [0.15, 0.2) is 0 Å². The number of hydrogen-bond acceptors (Lipinski definition) is 3. The SMILES string of the molecule is COc1cc(COc2cc(Cl)ccc2Cl)ccc1C(=O)O. The van der Waals surface area contributed by atoms with Crippen molar-refractivity contribution >= 4 is 29.2 Å². The van der Waals surface area contributed by atoms with E-state index in [9.17, 15) is 4.79 Å². The van der Waals surface area contributed by atoms with Crippen LogP contribution in [0.3, 0.4) is 0 Å². The molecule has 0 unspecified atom stereocenters. The Morgan fingerprint density at radius 2 is 1.90 bits per heavy atom. The molecule has 0 amide bonds. The lowest BCUT2D eigenvalue weighted by Crippen LogP contribution is -2.03. The third kappa shape index (κ3) is 3.80. The van der Waals surface area contributed by atoms with E-state index in [-0.39, 0.29) is 17.9 Å². The van der Waals surface area contributed by atoms with Gasteiger partial charge in [-0.15, -0.1) is 0 Å². The maximum atomic E-state index is 11.0. The zero-order chi connectivity index (χ0) is 15.4. The van der Waals surface area contributed by atoms with E-state index in [4.69, 9.17) is 37.8 Å². The smallest absolute Gasteiger partial charge is 0.339 e. The highest BCUT2D eigenvalue weighted by Crippen LogP contribution is 2.29. The summed E-state index contributed by atoms with van der Waals surface area (Å²) in [5, 5.41) is 9.99. The van der Waals surface area contributed by atoms with Gasteiger partial charge >= 0.3 is 5.97 Å². The van der Waals surface area contributed by atoms with Crippen LogP contribution in [0.5, 0.6) is 11.5 Å². The summed E-state index contributed by atoms with van der Waals surface area (Å²) in [6.07, 6.45) is 0. The second kappa shape index (κ2) is 6.70. The molecular weight excluding hydrogens is 315 g/mol. The van der Waals surface area contributed by atoms with Crippen LogP contribution in [0, 0.1) is 0 Å². The number of carboxylic acid groups (broad SMARTS) is 1. The first-order chi connectivity index (χ1) is 10.0. The summed E-state index contributed by atoms with van der Waals surface area (Å²) in [6, 6.07) is 9.67. The Bertz CT molecular complexity index is 671. The van der Waals surface area contributed by atoms with Gasteiger partial charge in [0.1, 0.15) is 23.7 Å². The van der Waals surface area contributed by atoms with Crippen molar-refractivity contribution in [1.82, 2.24) is 0 Å². The Morgan fingerprint density at radius 1 is 1.14 bits per heavy atom. The molecule has 0 aromatic heterocycles. The Kier molecular flexibility index (Phi) is 4.94. The van der Waals surface area contributed by atoms with Crippen molar-refractivity contribution in [2.75, 3.05) is 7.11 Å². The van der Waals surface area contributed by atoms with E-state index in [2.05, 4.69) is 0 Å². The standard InChI is InChI=1S/C15H12Cl2O4/c1-20-13-6-9(2-4-11(13)15(18)19)8-21-14-7-10(16)3-5-12(14)17/h2-7H,8H2,1H3,(H,18,19). The molecule has 0 aliphatic carbocycles. The van der Waals surface area contributed by atoms with Gasteiger partial charge in [-0.3, -0.25) is 0 Å². The number of aromatic carboxylic acids is 1. The molecule has 0 spiro atoms. The fourth-order valence-corrected chi connectivity index (χ4v) is 2.09. The van der Waals surface area contributed by atoms with Gasteiger partial charge in [-0.05, 0) is 29.8 Å². The highest BCUT2D eigenvalue weighted by atomic mass is 35.5. The highest BCUT2D eigenvalue weighted by molar-refractivity contribution is 6.34. The largest absolute Gasteiger partial charge is 0.496 e. The minimum atomic E-state index is -1.04. The number of methoxy groups -OCH3 is 1. The molecule has 110 valence electrons. The molecule has 0 radical (unpaired) electrons. The van der Waals surface area contributed by atoms with Crippen molar-refractivity contribution in [3.63, 3.8) is 0 Å². The first-order valence-corrected chi connectivity index (χ1v) is 6.75. The molecule has 6 heteroatoms. The number of carbonyl (C=O) groups is 1. The molecular formula is C15H12Cl2O4. The molecule has 0 saturated heterocycles. The van der Waals surface area contributed by atoms with Crippen molar-refractivity contribution in [2.45, 2.75) is 6.61 Å². The second-order valence-electron chi connectivity index (χ2n) is 4.20. The molecule has 0 atom stereocenters. The third-order valence-corrected chi connectivity index (χ3v) is 3.33. The predicted molar refractivity (Wildman–Crippen MR) is 80.7 cm³/mol. The van der Waals surface area contributed by atoms with Gasteiger partial charge in [0, 0.05) is 11.1 Å². The van der Waals surface area contributed by atoms with Crippen LogP contribution < -0.4 is 9.47 Å². The summed E-state index contributed by atoms with van der Waals surface area (Å²) < 4.78 is 10.6. The Hall–Kier alpha value is -1.91. The number of halogens is 2. The predicted octanol–water partition coefficient (Wildman–Crippen LogP) is 4.28. The minimum absolute atomic E-state index is 0.0991. The Labute approximate surface area is 131 Å². The zero-order valence-electron chi connectivity index (χ0n) is 11.1. The zero-order valence-corrected chi connectivity index (χ0v) is 12.6. The summed E-state index contributed by atoms with van der Waals surface area (Å²) in [5.41, 5.74) is 0.856. The van der Waals surface area contributed by atoms with E-state index in [1.165, 1.54) is 13.2 Å². The van der Waals surface area contributed by atoms with E-state index in [0.29, 0.717) is 15.8 Å². The van der Waals surface area contributed by atoms with Crippen LogP contribution in [0.4, 0.5) is 0 Å². The van der Waals surface area contributed by atoms with Crippen molar-refractivity contribution in [2.24, 2.45) is 0 Å². The number of ether oxygens (including phenoxy) is 2. The molecule has 2 aromatic rings. The second-order valence-corrected chi connectivity index (χ2v) is 5.05. The van der Waals surface area contributed by atoms with Crippen LogP contribution in [-0.2, 0) is 6.61 Å². The van der Waals surface area contributed by atoms with Crippen LogP contribution in [0.25, 0.3) is 0 Å². The van der Waals surface area contributed by atoms with E-state index in [0.717, 1.165) is 5.56 Å². The first kappa shape index (κ1) is 15.5. The fraction of sp³-hybridized carbons (Fsp3) is 0.133. The Balaban J connectivity index is 2.17. The monoisotopic (exact) mass is 326 g/mol. The van der Waals surface area contributed by atoms with E-state index in [1.54, 1.807) is 30.3 Å². The topological polar surface area (TPSA) is 55.8 Å². The van der Waals surface area contributed by atoms with Gasteiger partial charge in [-0.2, -0.15) is 0 Å². The molecule has 0 bridgehead atoms. The molecule has 0 aliphatic heterocycles. The van der Waals surface area contributed by atoms with Crippen molar-refractivity contribution < 1.29 is 19.4 Å². The molecule has 21 heavy (non-hydrogen) atoms. The Morgan fingerprint density at radius 3 is 2.57 bits per heavy atom. The van der Waals surface area contributed by atoms with Gasteiger partial charge in [-0.1, -0.05) is 29.3 Å². The van der Waals surface area contributed by atoms with E-state index in [1.807, 2.05) is 0 Å². The normalized spacial score (nSPS) is 10.2. The summed E-state index contributed by atoms with van der Waals surface area (Å²) in [6.45, 7) is 0.219. The van der Waals surface area contributed by atoms with Crippen LogP contribution in [-0.4, -0.2) is 18.2 Å². The average molecular weight is 327 g/mol. The molecule has 1 N–H and O–H groups in total. The summed E-state index contributed by atoms with van der Waals surface area (Å²) in [4.78, 5) is 11.0. The van der Waals surface area contributed by atoms with Gasteiger partial charge in [0.25, 0.3) is 0 Å². The molecule has 0 saturated carbocycles. The minimum Gasteiger partial charge on any atom is -0.496 e. The van der Waals surface area contributed by atoms with E-state index < -0.39 is 5.97 Å². The van der Waals surface area contributed by atoms with Gasteiger partial charge in [0.05, 0.1) is 12.1 Å². The lowest BCUT2D eigenvalue weighted by molar-refractivity contribution is 0.0693. The lowest BCUT2D eigenvalue weighted by Gasteiger charge is -2.10. The van der Waals surface area contributed by atoms with Crippen molar-refractivity contribution in [1.29, 1.82) is 0 Å². The maximum Gasteiger partial charge on any atom is 0.339 e. The number of hydrogen-bond donors (Lipinski definition) is 1. The van der Waals surface area contributed by atoms with E-state index >= 15 is 0 Å². The van der Waals surface area contributed by atoms with Gasteiger partial charge in [-0.25, -0.2) is 4.79 Å². The molecule has 0 aliphatic rings.